The van der Waals surface area contributed by atoms with Gasteiger partial charge in [0.25, 0.3) is 0 Å². The average Bonchev–Trinajstić information content (AvgIpc) is 3.65. The van der Waals surface area contributed by atoms with E-state index in [9.17, 15) is 110 Å². The van der Waals surface area contributed by atoms with Crippen LogP contribution in [0.25, 0.3) is 22.4 Å². The molecule has 0 amide bonds. The van der Waals surface area contributed by atoms with Crippen LogP contribution in [-0.2, 0) is 56.0 Å². The van der Waals surface area contributed by atoms with Crippen molar-refractivity contribution in [2.45, 2.75) is 56.0 Å². The summed E-state index contributed by atoms with van der Waals surface area (Å²) in [4.78, 5) is 16.9. The van der Waals surface area contributed by atoms with E-state index in [0.717, 1.165) is 16.8 Å². The van der Waals surface area contributed by atoms with Crippen molar-refractivity contribution >= 4 is 33.8 Å². The average molecular weight is 1190 g/mol. The summed E-state index contributed by atoms with van der Waals surface area (Å²) in [6, 6.07) is 15.1. The number of rotatable bonds is 8. The molecule has 0 aliphatic heterocycles. The van der Waals surface area contributed by atoms with E-state index in [4.69, 9.17) is 0 Å². The van der Waals surface area contributed by atoms with E-state index in [1.165, 1.54) is 11.1 Å². The Balaban J connectivity index is 0.000000318. The van der Waals surface area contributed by atoms with Gasteiger partial charge in [-0.1, -0.05) is 109 Å². The van der Waals surface area contributed by atoms with E-state index >= 15 is 0 Å². The van der Waals surface area contributed by atoms with Gasteiger partial charge in [-0.15, -0.1) is 0 Å². The minimum Gasteiger partial charge on any atom is -0.287 e. The quantitative estimate of drug-likeness (QED) is 0.0658. The van der Waals surface area contributed by atoms with Crippen LogP contribution in [0.3, 0.4) is 0 Å². The molecule has 0 radical (unpaired) electrons. The summed E-state index contributed by atoms with van der Waals surface area (Å²) in [7, 11) is 0. The summed E-state index contributed by atoms with van der Waals surface area (Å²) in [6.07, 6.45) is -49.3. The Morgan fingerprint density at radius 2 is 0.622 bits per heavy atom. The van der Waals surface area contributed by atoms with Crippen molar-refractivity contribution in [2.24, 2.45) is 0 Å². The van der Waals surface area contributed by atoms with Crippen molar-refractivity contribution in [1.29, 1.82) is 0 Å². The zero-order valence-electron chi connectivity index (χ0n) is 40.2. The van der Waals surface area contributed by atoms with Crippen LogP contribution in [-0.4, -0.2) is 16.9 Å². The van der Waals surface area contributed by atoms with Crippen molar-refractivity contribution < 1.29 is 115 Å². The normalized spacial score (nSPS) is 13.2. The highest BCUT2D eigenvalue weighted by molar-refractivity contribution is 7.20. The van der Waals surface area contributed by atoms with E-state index in [-0.39, 0.29) is 5.78 Å². The lowest BCUT2D eigenvalue weighted by molar-refractivity contribution is -0.683. The summed E-state index contributed by atoms with van der Waals surface area (Å²) in [5.74, 6) is 0.0856. The Bertz CT molecular complexity index is 3120. The van der Waals surface area contributed by atoms with Gasteiger partial charge in [-0.25, -0.2) is 4.98 Å². The molecule has 0 atom stereocenters. The molecule has 2 aliphatic rings. The maximum Gasteiger partial charge on any atom is 0.416 e. The van der Waals surface area contributed by atoms with E-state index < -0.39 is 195 Å². The number of alkyl halides is 24. The standard InChI is InChI=1S/C32H12BF24.C22H17N2O/c34-25(35,36)13-1-14(26(37,38)39)6-21(5-13)33(22-7-15(27(40,41)42)2-16(8-22)28(43,44)45,23-9-17(29(46,47)48)3-18(10-23)30(49,50)51)24-11-19(31(52,53)54)4-20(12-24)32(55,56)57;25-22(17-7-3-1-4-8-17)16-24-12-11-23-21(15-24)20-13-18-9-5-2-6-10-19(18)14-20/h1-12H;1-15H,16H2/q-1;+1. The molecule has 1 aromatic heterocycles. The van der Waals surface area contributed by atoms with Gasteiger partial charge in [-0.3, -0.25) is 4.79 Å². The van der Waals surface area contributed by atoms with Gasteiger partial charge in [-0.2, -0.15) is 132 Å². The van der Waals surface area contributed by atoms with Crippen LogP contribution in [0, 0.1) is 0 Å². The van der Waals surface area contributed by atoms with Crippen molar-refractivity contribution in [3.05, 3.63) is 214 Å². The molecule has 0 spiro atoms. The van der Waals surface area contributed by atoms with Gasteiger partial charge in [0.1, 0.15) is 11.8 Å². The van der Waals surface area contributed by atoms with Crippen molar-refractivity contribution in [2.75, 3.05) is 0 Å². The van der Waals surface area contributed by atoms with Crippen molar-refractivity contribution in [1.82, 2.24) is 4.98 Å². The number of aromatic nitrogens is 2. The number of Topliss-reactive ketones (excluding diaryl/α,β-unsaturated/α-hetero) is 1. The molecule has 0 fully saturated rings. The molecule has 28 heteroatoms. The fourth-order valence-corrected chi connectivity index (χ4v) is 8.99. The number of hydrogen-bond acceptors (Lipinski definition) is 2. The van der Waals surface area contributed by atoms with E-state index in [1.54, 1.807) is 6.20 Å². The first-order chi connectivity index (χ1) is 37.6. The maximum atomic E-state index is 14.2. The Hall–Kier alpha value is -8.07. The molecule has 6 aromatic rings. The van der Waals surface area contributed by atoms with Gasteiger partial charge < -0.3 is 0 Å². The molecule has 1 heterocycles. The molecular weight excluding hydrogens is 1160 g/mol. The first-order valence-corrected chi connectivity index (χ1v) is 22.8. The second kappa shape index (κ2) is 21.7. The second-order valence-corrected chi connectivity index (χ2v) is 18.2. The topological polar surface area (TPSA) is 33.8 Å². The first kappa shape index (κ1) is 61.6. The van der Waals surface area contributed by atoms with Crippen LogP contribution in [0.2, 0.25) is 0 Å². The van der Waals surface area contributed by atoms with Gasteiger partial charge in [0, 0.05) is 11.1 Å². The van der Waals surface area contributed by atoms with Gasteiger partial charge in [-0.05, 0) is 47.5 Å². The van der Waals surface area contributed by atoms with E-state index in [2.05, 4.69) is 29.2 Å². The van der Waals surface area contributed by atoms with E-state index in [1.807, 2.05) is 65.5 Å². The third-order valence-corrected chi connectivity index (χ3v) is 12.6. The van der Waals surface area contributed by atoms with Crippen LogP contribution >= 0.6 is 0 Å². The second-order valence-electron chi connectivity index (χ2n) is 18.2. The molecule has 0 saturated carbocycles. The van der Waals surface area contributed by atoms with Crippen LogP contribution in [0.5, 0.6) is 0 Å². The Kier molecular flexibility index (Phi) is 16.3. The van der Waals surface area contributed by atoms with Crippen LogP contribution in [0.1, 0.15) is 54.9 Å². The first-order valence-electron chi connectivity index (χ1n) is 22.8. The molecule has 0 saturated heterocycles. The fraction of sp³-hybridized carbons (Fsp3) is 0.167. The molecule has 8 rings (SSSR count). The van der Waals surface area contributed by atoms with Crippen LogP contribution in [0.15, 0.2) is 164 Å². The SMILES string of the molecule is FC(F)(F)c1cc([B-](c2cc(C(F)(F)F)cc(C(F)(F)F)c2)(c2cc(C(F)(F)F)cc(C(F)(F)F)c2)c2cc(C(F)(F)F)cc(C(F)(F)F)c2)cc(C(F)(F)F)c1.O=C(C[n+]1ccnc(-c2cc3cccccc-3c2)c1)c1ccccc1. The monoisotopic (exact) mass is 1190 g/mol. The molecule has 0 unspecified atom stereocenters. The zero-order chi connectivity index (χ0) is 61.0. The van der Waals surface area contributed by atoms with Crippen LogP contribution in [0.4, 0.5) is 105 Å². The smallest absolute Gasteiger partial charge is 0.287 e. The molecule has 0 bridgehead atoms. The number of carbonyl (C=O) groups excluding carboxylic acids is 1. The highest BCUT2D eigenvalue weighted by Crippen LogP contribution is 2.42. The van der Waals surface area contributed by atoms with Crippen molar-refractivity contribution in [3.8, 4) is 22.4 Å². The molecule has 2 aliphatic carbocycles. The molecule has 82 heavy (non-hydrogen) atoms. The van der Waals surface area contributed by atoms with Gasteiger partial charge in [0.05, 0.1) is 50.7 Å². The minimum atomic E-state index is -6.13. The number of hydrogen-bond donors (Lipinski definition) is 0. The molecule has 3 nitrogen and oxygen atoms in total. The largest absolute Gasteiger partial charge is 0.416 e. The summed E-state index contributed by atoms with van der Waals surface area (Å²) < 4.78 is 343. The molecule has 0 N–H and O–H groups in total. The number of ketones is 1. The summed E-state index contributed by atoms with van der Waals surface area (Å²) in [5.41, 5.74) is -25.2. The van der Waals surface area contributed by atoms with Gasteiger partial charge in [0.15, 0.2) is 12.4 Å². The molecule has 5 aromatic carbocycles. The highest BCUT2D eigenvalue weighted by Gasteiger charge is 2.47. The highest BCUT2D eigenvalue weighted by atomic mass is 19.4. The predicted octanol–water partition coefficient (Wildman–Crippen LogP) is 15.2. The third-order valence-electron chi connectivity index (χ3n) is 12.6. The number of fused-ring (bicyclic) bond motifs is 1. The Labute approximate surface area is 445 Å². The predicted molar refractivity (Wildman–Crippen MR) is 247 cm³/mol. The Morgan fingerprint density at radius 3 is 0.890 bits per heavy atom. The van der Waals surface area contributed by atoms with E-state index in [0.29, 0.717) is 6.54 Å². The number of nitrogens with zero attached hydrogens (tertiary/aromatic N) is 2. The molecule has 432 valence electrons. The van der Waals surface area contributed by atoms with Crippen molar-refractivity contribution in [3.63, 3.8) is 0 Å². The van der Waals surface area contributed by atoms with Gasteiger partial charge >= 0.3 is 49.4 Å². The lowest BCUT2D eigenvalue weighted by Crippen LogP contribution is -2.75. The lowest BCUT2D eigenvalue weighted by Gasteiger charge is -2.46. The van der Waals surface area contributed by atoms with Crippen LogP contribution < -0.4 is 26.4 Å². The number of benzene rings is 5. The number of halogens is 24. The summed E-state index contributed by atoms with van der Waals surface area (Å²) in [5, 5.41) is 0. The summed E-state index contributed by atoms with van der Waals surface area (Å²) >= 11 is 0. The number of carbonyl (C=O) groups is 1. The van der Waals surface area contributed by atoms with Gasteiger partial charge in [0.2, 0.25) is 12.3 Å². The zero-order valence-corrected chi connectivity index (χ0v) is 40.2. The Morgan fingerprint density at radius 1 is 0.354 bits per heavy atom. The minimum absolute atomic E-state index is 0.0856. The lowest BCUT2D eigenvalue weighted by atomic mass is 9.12. The molecular formula is C54H29BF24N2O. The third kappa shape index (κ3) is 13.8. The summed E-state index contributed by atoms with van der Waals surface area (Å²) in [6.45, 7) is 0.300. The fourth-order valence-electron chi connectivity index (χ4n) is 8.99. The maximum absolute atomic E-state index is 14.2.